The standard InChI is InChI=1S/C8H8ClNO/c9-8(10-11)6-7-4-2-1-3-5-7/h1-5,8H,6H2. The number of halogens is 1. The highest BCUT2D eigenvalue weighted by atomic mass is 35.5. The van der Waals surface area contributed by atoms with E-state index in [0.717, 1.165) is 5.56 Å². The number of benzene rings is 1. The second-order valence-corrected chi connectivity index (χ2v) is 2.73. The predicted molar refractivity (Wildman–Crippen MR) is 45.6 cm³/mol. The number of alkyl halides is 1. The summed E-state index contributed by atoms with van der Waals surface area (Å²) in [5.41, 5.74) is 0.393. The van der Waals surface area contributed by atoms with Gasteiger partial charge in [-0.05, 0) is 10.7 Å². The van der Waals surface area contributed by atoms with Crippen LogP contribution in [-0.2, 0) is 6.42 Å². The van der Waals surface area contributed by atoms with Crippen LogP contribution in [-0.4, -0.2) is 5.50 Å². The smallest absolute Gasteiger partial charge is 0.149 e. The maximum absolute atomic E-state index is 9.93. The van der Waals surface area contributed by atoms with E-state index in [1.54, 1.807) is 0 Å². The van der Waals surface area contributed by atoms with Gasteiger partial charge in [-0.15, -0.1) is 4.91 Å². The summed E-state index contributed by atoms with van der Waals surface area (Å²) in [7, 11) is 0. The van der Waals surface area contributed by atoms with Gasteiger partial charge in [-0.1, -0.05) is 41.9 Å². The first-order valence-corrected chi connectivity index (χ1v) is 3.77. The van der Waals surface area contributed by atoms with Crippen LogP contribution in [0.5, 0.6) is 0 Å². The second kappa shape index (κ2) is 4.09. The van der Waals surface area contributed by atoms with Crippen LogP contribution in [0.2, 0.25) is 0 Å². The van der Waals surface area contributed by atoms with Crippen molar-refractivity contribution in [2.24, 2.45) is 5.18 Å². The van der Waals surface area contributed by atoms with Crippen molar-refractivity contribution >= 4 is 11.6 Å². The molecule has 1 rings (SSSR count). The zero-order chi connectivity index (χ0) is 8.10. The minimum Gasteiger partial charge on any atom is -0.149 e. The Bertz CT molecular complexity index is 225. The molecule has 0 aliphatic rings. The first-order chi connectivity index (χ1) is 5.33. The van der Waals surface area contributed by atoms with Crippen LogP contribution >= 0.6 is 11.6 Å². The molecule has 0 spiro atoms. The second-order valence-electron chi connectivity index (χ2n) is 2.23. The summed E-state index contributed by atoms with van der Waals surface area (Å²) in [6.45, 7) is 0. The molecule has 0 heterocycles. The molecule has 0 amide bonds. The molecule has 0 bridgehead atoms. The van der Waals surface area contributed by atoms with E-state index < -0.39 is 5.50 Å². The fourth-order valence-electron chi connectivity index (χ4n) is 0.846. The number of rotatable bonds is 3. The number of nitrogens with zero attached hydrogens (tertiary/aromatic N) is 1. The minimum absolute atomic E-state index is 0.506. The van der Waals surface area contributed by atoms with Crippen LogP contribution in [0.1, 0.15) is 5.56 Å². The number of hydrogen-bond acceptors (Lipinski definition) is 2. The number of nitroso groups, excluding NO2 is 1. The van der Waals surface area contributed by atoms with Gasteiger partial charge in [0.1, 0.15) is 0 Å². The van der Waals surface area contributed by atoms with Gasteiger partial charge >= 0.3 is 0 Å². The van der Waals surface area contributed by atoms with Crippen LogP contribution in [0.3, 0.4) is 0 Å². The molecule has 1 aromatic rings. The van der Waals surface area contributed by atoms with E-state index >= 15 is 0 Å². The Hall–Kier alpha value is -0.890. The molecule has 0 aliphatic carbocycles. The molecule has 0 saturated heterocycles. The maximum atomic E-state index is 9.93. The van der Waals surface area contributed by atoms with Gasteiger partial charge in [0.2, 0.25) is 0 Å². The Balaban J connectivity index is 2.57. The van der Waals surface area contributed by atoms with Crippen LogP contribution < -0.4 is 0 Å². The molecule has 0 saturated carbocycles. The highest BCUT2D eigenvalue weighted by molar-refractivity contribution is 6.20. The Kier molecular flexibility index (Phi) is 3.05. The van der Waals surface area contributed by atoms with Crippen molar-refractivity contribution in [3.05, 3.63) is 40.8 Å². The number of hydrogen-bond donors (Lipinski definition) is 0. The summed E-state index contributed by atoms with van der Waals surface area (Å²) < 4.78 is 0. The molecule has 58 valence electrons. The lowest BCUT2D eigenvalue weighted by Gasteiger charge is -1.98. The fraction of sp³-hybridized carbons (Fsp3) is 0.250. The summed E-state index contributed by atoms with van der Waals surface area (Å²) in [6, 6.07) is 9.57. The summed E-state index contributed by atoms with van der Waals surface area (Å²) in [4.78, 5) is 9.93. The van der Waals surface area contributed by atoms with Crippen molar-refractivity contribution < 1.29 is 0 Å². The van der Waals surface area contributed by atoms with Crippen LogP contribution in [0.15, 0.2) is 35.5 Å². The lowest BCUT2D eigenvalue weighted by atomic mass is 10.2. The predicted octanol–water partition coefficient (Wildman–Crippen LogP) is 2.56. The van der Waals surface area contributed by atoms with Gasteiger partial charge in [0.25, 0.3) is 0 Å². The molecule has 11 heavy (non-hydrogen) atoms. The zero-order valence-electron chi connectivity index (χ0n) is 5.90. The quantitative estimate of drug-likeness (QED) is 0.389. The molecule has 0 aliphatic heterocycles. The lowest BCUT2D eigenvalue weighted by molar-refractivity contribution is 0.883. The van der Waals surface area contributed by atoms with Gasteiger partial charge in [-0.3, -0.25) is 0 Å². The van der Waals surface area contributed by atoms with Gasteiger partial charge in [-0.2, -0.15) is 0 Å². The molecule has 0 N–H and O–H groups in total. The van der Waals surface area contributed by atoms with Gasteiger partial charge < -0.3 is 0 Å². The minimum atomic E-state index is -0.641. The largest absolute Gasteiger partial charge is 0.169 e. The summed E-state index contributed by atoms with van der Waals surface area (Å²) in [6.07, 6.45) is 0.506. The lowest BCUT2D eigenvalue weighted by Crippen LogP contribution is -1.97. The highest BCUT2D eigenvalue weighted by Gasteiger charge is 2.02. The van der Waals surface area contributed by atoms with Gasteiger partial charge in [0.05, 0.1) is 0 Å². The Morgan fingerprint density at radius 3 is 2.55 bits per heavy atom. The van der Waals surface area contributed by atoms with E-state index in [2.05, 4.69) is 5.18 Å². The van der Waals surface area contributed by atoms with Crippen molar-refractivity contribution in [1.82, 2.24) is 0 Å². The average molecular weight is 170 g/mol. The van der Waals surface area contributed by atoms with Crippen LogP contribution in [0.4, 0.5) is 0 Å². The summed E-state index contributed by atoms with van der Waals surface area (Å²) in [5.74, 6) is 0. The SMILES string of the molecule is O=NC(Cl)Cc1ccccc1. The Labute approximate surface area is 70.2 Å². The molecular weight excluding hydrogens is 162 g/mol. The Morgan fingerprint density at radius 1 is 1.36 bits per heavy atom. The van der Waals surface area contributed by atoms with E-state index in [1.165, 1.54) is 0 Å². The third-order valence-electron chi connectivity index (χ3n) is 1.36. The fourth-order valence-corrected chi connectivity index (χ4v) is 1.02. The molecular formula is C8H8ClNO. The molecule has 1 atom stereocenters. The molecule has 0 radical (unpaired) electrons. The maximum Gasteiger partial charge on any atom is 0.169 e. The van der Waals surface area contributed by atoms with Crippen molar-refractivity contribution in [2.45, 2.75) is 11.9 Å². The molecule has 0 aromatic heterocycles. The summed E-state index contributed by atoms with van der Waals surface area (Å²) >= 11 is 5.52. The van der Waals surface area contributed by atoms with Gasteiger partial charge in [-0.25, -0.2) is 0 Å². The molecule has 2 nitrogen and oxygen atoms in total. The Morgan fingerprint density at radius 2 is 2.00 bits per heavy atom. The van der Waals surface area contributed by atoms with Crippen molar-refractivity contribution in [3.63, 3.8) is 0 Å². The van der Waals surface area contributed by atoms with E-state index in [1.807, 2.05) is 30.3 Å². The average Bonchev–Trinajstić information content (AvgIpc) is 2.06. The first-order valence-electron chi connectivity index (χ1n) is 3.33. The van der Waals surface area contributed by atoms with E-state index in [-0.39, 0.29) is 0 Å². The van der Waals surface area contributed by atoms with Crippen LogP contribution in [0, 0.1) is 4.91 Å². The van der Waals surface area contributed by atoms with E-state index in [0.29, 0.717) is 6.42 Å². The monoisotopic (exact) mass is 169 g/mol. The highest BCUT2D eigenvalue weighted by Crippen LogP contribution is 2.07. The van der Waals surface area contributed by atoms with Crippen LogP contribution in [0.25, 0.3) is 0 Å². The topological polar surface area (TPSA) is 29.4 Å². The van der Waals surface area contributed by atoms with Gasteiger partial charge in [0.15, 0.2) is 5.50 Å². The van der Waals surface area contributed by atoms with Crippen molar-refractivity contribution in [3.8, 4) is 0 Å². The summed E-state index contributed by atoms with van der Waals surface area (Å²) in [5, 5.41) is 2.70. The normalized spacial score (nSPS) is 12.5. The molecule has 0 fully saturated rings. The van der Waals surface area contributed by atoms with Gasteiger partial charge in [0, 0.05) is 6.42 Å². The van der Waals surface area contributed by atoms with Crippen molar-refractivity contribution in [2.75, 3.05) is 0 Å². The van der Waals surface area contributed by atoms with Crippen molar-refractivity contribution in [1.29, 1.82) is 0 Å². The molecule has 1 aromatic carbocycles. The molecule has 1 unspecified atom stereocenters. The first kappa shape index (κ1) is 8.21. The third-order valence-corrected chi connectivity index (χ3v) is 1.60. The molecule has 3 heteroatoms. The van der Waals surface area contributed by atoms with E-state index in [9.17, 15) is 4.91 Å². The third kappa shape index (κ3) is 2.68. The van der Waals surface area contributed by atoms with E-state index in [4.69, 9.17) is 11.6 Å². The zero-order valence-corrected chi connectivity index (χ0v) is 6.66.